The van der Waals surface area contributed by atoms with E-state index in [1.54, 1.807) is 19.2 Å². The number of methoxy groups -OCH3 is 1. The third-order valence-electron chi connectivity index (χ3n) is 3.44. The lowest BCUT2D eigenvalue weighted by atomic mass is 10.2. The van der Waals surface area contributed by atoms with Crippen molar-refractivity contribution in [1.29, 1.82) is 0 Å². The Kier molecular flexibility index (Phi) is 3.78. The van der Waals surface area contributed by atoms with Crippen molar-refractivity contribution in [2.75, 3.05) is 7.11 Å². The number of aromatic amines is 1. The molecular weight excluding hydrogens is 283 g/mol. The molecular formula is C17H15FN2O2. The van der Waals surface area contributed by atoms with Crippen molar-refractivity contribution >= 4 is 16.8 Å². The molecule has 2 N–H and O–H groups in total. The number of rotatable bonds is 4. The highest BCUT2D eigenvalue weighted by Crippen LogP contribution is 2.18. The summed E-state index contributed by atoms with van der Waals surface area (Å²) in [5.74, 6) is 0.110. The second-order valence-electron chi connectivity index (χ2n) is 4.92. The maximum absolute atomic E-state index is 13.6. The summed E-state index contributed by atoms with van der Waals surface area (Å²) in [5, 5.41) is 3.21. The van der Waals surface area contributed by atoms with E-state index in [-0.39, 0.29) is 11.7 Å². The van der Waals surface area contributed by atoms with Crippen molar-refractivity contribution in [3.63, 3.8) is 0 Å². The molecule has 0 saturated heterocycles. The van der Waals surface area contributed by atoms with E-state index in [4.69, 9.17) is 4.74 Å². The minimum absolute atomic E-state index is 0.279. The highest BCUT2D eigenvalue weighted by molar-refractivity contribution is 5.98. The van der Waals surface area contributed by atoms with Gasteiger partial charge in [-0.3, -0.25) is 4.79 Å². The Morgan fingerprint density at radius 1 is 1.23 bits per heavy atom. The number of carbonyl (C=O) groups is 1. The minimum Gasteiger partial charge on any atom is -0.497 e. The molecule has 0 atom stereocenters. The molecule has 2 aromatic carbocycles. The van der Waals surface area contributed by atoms with Gasteiger partial charge in [-0.2, -0.15) is 0 Å². The van der Waals surface area contributed by atoms with E-state index in [0.29, 0.717) is 23.1 Å². The van der Waals surface area contributed by atoms with Crippen molar-refractivity contribution in [3.8, 4) is 5.75 Å². The van der Waals surface area contributed by atoms with Crippen LogP contribution in [0.1, 0.15) is 16.1 Å². The van der Waals surface area contributed by atoms with Gasteiger partial charge in [-0.05, 0) is 35.9 Å². The molecule has 0 saturated carbocycles. The summed E-state index contributed by atoms with van der Waals surface area (Å²) in [6.07, 6.45) is 0. The summed E-state index contributed by atoms with van der Waals surface area (Å²) >= 11 is 0. The van der Waals surface area contributed by atoms with Crippen LogP contribution in [0.15, 0.2) is 48.5 Å². The quantitative estimate of drug-likeness (QED) is 0.777. The van der Waals surface area contributed by atoms with E-state index in [0.717, 1.165) is 11.3 Å². The van der Waals surface area contributed by atoms with Crippen LogP contribution in [0.2, 0.25) is 0 Å². The zero-order valence-electron chi connectivity index (χ0n) is 12.0. The van der Waals surface area contributed by atoms with E-state index < -0.39 is 0 Å². The lowest BCUT2D eigenvalue weighted by Gasteiger charge is -2.06. The first-order chi connectivity index (χ1) is 10.7. The minimum atomic E-state index is -0.347. The molecule has 0 aliphatic rings. The van der Waals surface area contributed by atoms with Gasteiger partial charge in [-0.25, -0.2) is 4.39 Å². The lowest BCUT2D eigenvalue weighted by Crippen LogP contribution is -2.23. The highest BCUT2D eigenvalue weighted by Gasteiger charge is 2.11. The van der Waals surface area contributed by atoms with E-state index in [1.807, 2.05) is 24.3 Å². The second kappa shape index (κ2) is 5.89. The standard InChI is InChI=1S/C17H15FN2O2/c1-22-12-5-2-4-11(8-12)10-19-17(21)16-9-13-14(18)6-3-7-15(13)20-16/h2-9,20H,10H2,1H3,(H,19,21). The molecule has 0 bridgehead atoms. The van der Waals surface area contributed by atoms with Crippen LogP contribution in [0, 0.1) is 5.82 Å². The Balaban J connectivity index is 1.74. The van der Waals surface area contributed by atoms with Gasteiger partial charge in [0.15, 0.2) is 0 Å². The Hall–Kier alpha value is -2.82. The fourth-order valence-corrected chi connectivity index (χ4v) is 2.30. The first-order valence-electron chi connectivity index (χ1n) is 6.86. The number of H-pyrrole nitrogens is 1. The number of hydrogen-bond donors (Lipinski definition) is 2. The molecule has 112 valence electrons. The van der Waals surface area contributed by atoms with Crippen molar-refractivity contribution in [2.24, 2.45) is 0 Å². The molecule has 0 aliphatic heterocycles. The molecule has 0 fully saturated rings. The number of nitrogens with one attached hydrogen (secondary N) is 2. The molecule has 0 aliphatic carbocycles. The Morgan fingerprint density at radius 3 is 2.82 bits per heavy atom. The number of carbonyl (C=O) groups excluding carboxylic acids is 1. The van der Waals surface area contributed by atoms with Gasteiger partial charge in [0.2, 0.25) is 0 Å². The summed E-state index contributed by atoms with van der Waals surface area (Å²) in [7, 11) is 1.59. The van der Waals surface area contributed by atoms with Crippen LogP contribution in [0.25, 0.3) is 10.9 Å². The predicted octanol–water partition coefficient (Wildman–Crippen LogP) is 3.25. The van der Waals surface area contributed by atoms with Gasteiger partial charge in [-0.15, -0.1) is 0 Å². The lowest BCUT2D eigenvalue weighted by molar-refractivity contribution is 0.0946. The molecule has 5 heteroatoms. The van der Waals surface area contributed by atoms with Crippen LogP contribution in [0.3, 0.4) is 0 Å². The number of amides is 1. The maximum atomic E-state index is 13.6. The van der Waals surface area contributed by atoms with Gasteiger partial charge in [0.1, 0.15) is 17.3 Å². The molecule has 1 amide bonds. The number of halogens is 1. The summed E-state index contributed by atoms with van der Waals surface area (Å²) in [6.45, 7) is 0.369. The number of hydrogen-bond acceptors (Lipinski definition) is 2. The van der Waals surface area contributed by atoms with Gasteiger partial charge < -0.3 is 15.0 Å². The van der Waals surface area contributed by atoms with E-state index in [9.17, 15) is 9.18 Å². The maximum Gasteiger partial charge on any atom is 0.267 e. The molecule has 1 aromatic heterocycles. The fraction of sp³-hybridized carbons (Fsp3) is 0.118. The molecule has 0 unspecified atom stereocenters. The van der Waals surface area contributed by atoms with E-state index in [2.05, 4.69) is 10.3 Å². The summed E-state index contributed by atoms with van der Waals surface area (Å²) < 4.78 is 18.8. The summed E-state index contributed by atoms with van der Waals surface area (Å²) in [4.78, 5) is 15.1. The number of aromatic nitrogens is 1. The zero-order valence-corrected chi connectivity index (χ0v) is 12.0. The Morgan fingerprint density at radius 2 is 2.05 bits per heavy atom. The van der Waals surface area contributed by atoms with Crippen LogP contribution in [-0.2, 0) is 6.54 Å². The predicted molar refractivity (Wildman–Crippen MR) is 82.4 cm³/mol. The molecule has 0 spiro atoms. The normalized spacial score (nSPS) is 10.6. The van der Waals surface area contributed by atoms with Gasteiger partial charge in [0.05, 0.1) is 7.11 Å². The average molecular weight is 298 g/mol. The summed E-state index contributed by atoms with van der Waals surface area (Å²) in [5.41, 5.74) is 1.87. The van der Waals surface area contributed by atoms with E-state index >= 15 is 0 Å². The SMILES string of the molecule is COc1cccc(CNC(=O)c2cc3c(F)cccc3[nH]2)c1. The second-order valence-corrected chi connectivity index (χ2v) is 4.92. The van der Waals surface area contributed by atoms with Gasteiger partial charge in [0, 0.05) is 17.4 Å². The molecule has 1 heterocycles. The molecule has 0 radical (unpaired) electrons. The zero-order chi connectivity index (χ0) is 15.5. The highest BCUT2D eigenvalue weighted by atomic mass is 19.1. The third-order valence-corrected chi connectivity index (χ3v) is 3.44. The third kappa shape index (κ3) is 2.79. The average Bonchev–Trinajstić information content (AvgIpc) is 2.98. The molecule has 3 rings (SSSR count). The van der Waals surface area contributed by atoms with Crippen molar-refractivity contribution in [2.45, 2.75) is 6.54 Å². The fourth-order valence-electron chi connectivity index (χ4n) is 2.30. The van der Waals surface area contributed by atoms with E-state index in [1.165, 1.54) is 12.1 Å². The van der Waals surface area contributed by atoms with Crippen LogP contribution >= 0.6 is 0 Å². The first-order valence-corrected chi connectivity index (χ1v) is 6.86. The van der Waals surface area contributed by atoms with Gasteiger partial charge in [0.25, 0.3) is 5.91 Å². The smallest absolute Gasteiger partial charge is 0.267 e. The largest absolute Gasteiger partial charge is 0.497 e. The summed E-state index contributed by atoms with van der Waals surface area (Å²) in [6, 6.07) is 13.7. The van der Waals surface area contributed by atoms with Crippen LogP contribution < -0.4 is 10.1 Å². The van der Waals surface area contributed by atoms with Crippen LogP contribution in [0.4, 0.5) is 4.39 Å². The Bertz CT molecular complexity index is 826. The monoisotopic (exact) mass is 298 g/mol. The van der Waals surface area contributed by atoms with Crippen molar-refractivity contribution in [1.82, 2.24) is 10.3 Å². The van der Waals surface area contributed by atoms with Crippen LogP contribution in [0.5, 0.6) is 5.75 Å². The number of benzene rings is 2. The van der Waals surface area contributed by atoms with Crippen molar-refractivity contribution < 1.29 is 13.9 Å². The molecule has 22 heavy (non-hydrogen) atoms. The van der Waals surface area contributed by atoms with Gasteiger partial charge in [-0.1, -0.05) is 18.2 Å². The van der Waals surface area contributed by atoms with Gasteiger partial charge >= 0.3 is 0 Å². The molecule has 3 aromatic rings. The van der Waals surface area contributed by atoms with Crippen LogP contribution in [-0.4, -0.2) is 18.0 Å². The van der Waals surface area contributed by atoms with Crippen molar-refractivity contribution in [3.05, 3.63) is 65.6 Å². The number of fused-ring (bicyclic) bond motifs is 1. The topological polar surface area (TPSA) is 54.1 Å². The Labute approximate surface area is 126 Å². The first kappa shape index (κ1) is 14.1. The number of ether oxygens (including phenoxy) is 1. The molecule has 4 nitrogen and oxygen atoms in total.